The zero-order valence-corrected chi connectivity index (χ0v) is 16.1. The molecule has 3 heterocycles. The van der Waals surface area contributed by atoms with Crippen molar-refractivity contribution < 1.29 is 4.79 Å². The van der Waals surface area contributed by atoms with Crippen molar-refractivity contribution in [2.75, 3.05) is 50.5 Å². The topological polar surface area (TPSA) is 64.6 Å². The zero-order valence-electron chi connectivity index (χ0n) is 16.1. The molecular weight excluding hydrogens is 340 g/mol. The molecule has 2 amide bonds. The fraction of sp³-hybridized carbons (Fsp3) is 0.450. The molecule has 0 spiro atoms. The second-order valence-corrected chi connectivity index (χ2v) is 7.08. The van der Waals surface area contributed by atoms with Gasteiger partial charge in [0.1, 0.15) is 0 Å². The number of hydrogen-bond donors (Lipinski definition) is 1. The van der Waals surface area contributed by atoms with Crippen LogP contribution in [0.15, 0.2) is 42.9 Å². The number of urea groups is 1. The van der Waals surface area contributed by atoms with Gasteiger partial charge in [-0.05, 0) is 50.7 Å². The van der Waals surface area contributed by atoms with Crippen molar-refractivity contribution in [3.8, 4) is 0 Å². The van der Waals surface area contributed by atoms with Gasteiger partial charge in [-0.15, -0.1) is 0 Å². The molecule has 0 atom stereocenters. The molecule has 0 aliphatic carbocycles. The molecule has 2 aromatic rings. The summed E-state index contributed by atoms with van der Waals surface area (Å²) in [6, 6.07) is 7.55. The Kier molecular flexibility index (Phi) is 6.59. The highest BCUT2D eigenvalue weighted by atomic mass is 16.2. The molecule has 0 saturated carbocycles. The molecule has 0 radical (unpaired) electrons. The first kappa shape index (κ1) is 19.1. The maximum Gasteiger partial charge on any atom is 0.322 e. The monoisotopic (exact) mass is 368 g/mol. The molecule has 1 saturated heterocycles. The van der Waals surface area contributed by atoms with Crippen LogP contribution in [0.2, 0.25) is 0 Å². The van der Waals surface area contributed by atoms with Crippen LogP contribution in [0.25, 0.3) is 0 Å². The highest BCUT2D eigenvalue weighted by molar-refractivity contribution is 5.92. The molecular formula is C20H28N6O. The standard InChI is InChI=1S/C20H28N6O/c1-24(2)13-14-26(16-17-7-5-9-21-15-17)20(27)23-18-8-6-10-22-19(18)25-11-3-4-12-25/h5-10,15H,3-4,11-14,16H2,1-2H3,(H,23,27). The summed E-state index contributed by atoms with van der Waals surface area (Å²) >= 11 is 0. The van der Waals surface area contributed by atoms with E-state index < -0.39 is 0 Å². The van der Waals surface area contributed by atoms with E-state index in [9.17, 15) is 4.79 Å². The molecule has 0 unspecified atom stereocenters. The molecule has 27 heavy (non-hydrogen) atoms. The van der Waals surface area contributed by atoms with Gasteiger partial charge >= 0.3 is 6.03 Å². The average molecular weight is 368 g/mol. The fourth-order valence-corrected chi connectivity index (χ4v) is 3.15. The highest BCUT2D eigenvalue weighted by Gasteiger charge is 2.20. The average Bonchev–Trinajstić information content (AvgIpc) is 3.20. The zero-order chi connectivity index (χ0) is 19.1. The number of rotatable bonds is 7. The van der Waals surface area contributed by atoms with Gasteiger partial charge in [0.15, 0.2) is 5.82 Å². The lowest BCUT2D eigenvalue weighted by molar-refractivity contribution is 0.202. The first-order chi connectivity index (χ1) is 13.1. The molecule has 7 heteroatoms. The summed E-state index contributed by atoms with van der Waals surface area (Å²) in [5.74, 6) is 0.859. The summed E-state index contributed by atoms with van der Waals surface area (Å²) in [6.07, 6.45) is 7.66. The van der Waals surface area contributed by atoms with Crippen LogP contribution in [0.5, 0.6) is 0 Å². The van der Waals surface area contributed by atoms with E-state index in [1.165, 1.54) is 12.8 Å². The highest BCUT2D eigenvalue weighted by Crippen LogP contribution is 2.26. The number of likely N-dealkylation sites (N-methyl/N-ethyl adjacent to an activating group) is 1. The minimum absolute atomic E-state index is 0.117. The van der Waals surface area contributed by atoms with Crippen LogP contribution in [0.1, 0.15) is 18.4 Å². The Labute approximate surface area is 161 Å². The van der Waals surface area contributed by atoms with Gasteiger partial charge in [-0.2, -0.15) is 0 Å². The summed E-state index contributed by atoms with van der Waals surface area (Å²) in [4.78, 5) is 27.8. The Morgan fingerprint density at radius 1 is 1.15 bits per heavy atom. The lowest BCUT2D eigenvalue weighted by Gasteiger charge is -2.26. The quantitative estimate of drug-likeness (QED) is 0.814. The van der Waals surface area contributed by atoms with Crippen LogP contribution < -0.4 is 10.2 Å². The third kappa shape index (κ3) is 5.40. The van der Waals surface area contributed by atoms with Crippen LogP contribution in [-0.2, 0) is 6.54 Å². The van der Waals surface area contributed by atoms with E-state index in [4.69, 9.17) is 0 Å². The molecule has 1 aliphatic rings. The SMILES string of the molecule is CN(C)CCN(Cc1cccnc1)C(=O)Nc1cccnc1N1CCCC1. The molecule has 0 bridgehead atoms. The van der Waals surface area contributed by atoms with Gasteiger partial charge in [0.2, 0.25) is 0 Å². The molecule has 3 rings (SSSR count). The number of carbonyl (C=O) groups excluding carboxylic acids is 1. The third-order valence-corrected chi connectivity index (χ3v) is 4.63. The Hall–Kier alpha value is -2.67. The first-order valence-electron chi connectivity index (χ1n) is 9.43. The normalized spacial score (nSPS) is 13.8. The lowest BCUT2D eigenvalue weighted by atomic mass is 10.2. The maximum absolute atomic E-state index is 13.0. The van der Waals surface area contributed by atoms with Crippen molar-refractivity contribution in [1.29, 1.82) is 0 Å². The van der Waals surface area contributed by atoms with Crippen molar-refractivity contribution in [3.05, 3.63) is 48.4 Å². The van der Waals surface area contributed by atoms with E-state index in [-0.39, 0.29) is 6.03 Å². The number of carbonyl (C=O) groups is 1. The minimum Gasteiger partial charge on any atom is -0.355 e. The smallest absolute Gasteiger partial charge is 0.322 e. The number of nitrogens with one attached hydrogen (secondary N) is 1. The van der Waals surface area contributed by atoms with E-state index >= 15 is 0 Å². The summed E-state index contributed by atoms with van der Waals surface area (Å²) in [5.41, 5.74) is 1.78. The molecule has 1 N–H and O–H groups in total. The van der Waals surface area contributed by atoms with E-state index in [2.05, 4.69) is 25.1 Å². The minimum atomic E-state index is -0.117. The number of aromatic nitrogens is 2. The summed E-state index contributed by atoms with van der Waals surface area (Å²) < 4.78 is 0. The van der Waals surface area contributed by atoms with Crippen molar-refractivity contribution in [1.82, 2.24) is 19.8 Å². The van der Waals surface area contributed by atoms with E-state index in [0.29, 0.717) is 13.1 Å². The van der Waals surface area contributed by atoms with Crippen molar-refractivity contribution in [3.63, 3.8) is 0 Å². The molecule has 7 nitrogen and oxygen atoms in total. The fourth-order valence-electron chi connectivity index (χ4n) is 3.15. The van der Waals surface area contributed by atoms with Gasteiger partial charge in [0.05, 0.1) is 5.69 Å². The second-order valence-electron chi connectivity index (χ2n) is 7.08. The molecule has 1 aliphatic heterocycles. The van der Waals surface area contributed by atoms with Gasteiger partial charge in [0.25, 0.3) is 0 Å². The summed E-state index contributed by atoms with van der Waals surface area (Å²) in [7, 11) is 4.01. The van der Waals surface area contributed by atoms with Crippen molar-refractivity contribution in [2.45, 2.75) is 19.4 Å². The van der Waals surface area contributed by atoms with Gasteiger partial charge in [0, 0.05) is 51.3 Å². The van der Waals surface area contributed by atoms with Crippen LogP contribution >= 0.6 is 0 Å². The molecule has 1 fully saturated rings. The van der Waals surface area contributed by atoms with Crippen LogP contribution in [-0.4, -0.2) is 66.1 Å². The molecule has 0 aromatic carbocycles. The van der Waals surface area contributed by atoms with Crippen molar-refractivity contribution >= 4 is 17.5 Å². The number of pyridine rings is 2. The summed E-state index contributed by atoms with van der Waals surface area (Å²) in [6.45, 7) is 3.92. The molecule has 144 valence electrons. The number of nitrogens with zero attached hydrogens (tertiary/aromatic N) is 5. The summed E-state index contributed by atoms with van der Waals surface area (Å²) in [5, 5.41) is 3.08. The Morgan fingerprint density at radius 3 is 2.63 bits per heavy atom. The van der Waals surface area contributed by atoms with Crippen LogP contribution in [0, 0.1) is 0 Å². The maximum atomic E-state index is 13.0. The number of anilines is 2. The second kappa shape index (κ2) is 9.32. The Morgan fingerprint density at radius 2 is 1.93 bits per heavy atom. The Bertz CT molecular complexity index is 730. The Balaban J connectivity index is 1.73. The van der Waals surface area contributed by atoms with E-state index in [1.54, 1.807) is 18.6 Å². The van der Waals surface area contributed by atoms with Crippen LogP contribution in [0.4, 0.5) is 16.3 Å². The number of hydrogen-bond acceptors (Lipinski definition) is 5. The van der Waals surface area contributed by atoms with Crippen LogP contribution in [0.3, 0.4) is 0 Å². The van der Waals surface area contributed by atoms with Crippen molar-refractivity contribution in [2.24, 2.45) is 0 Å². The number of amides is 2. The predicted octanol–water partition coefficient (Wildman–Crippen LogP) is 2.67. The predicted molar refractivity (Wildman–Crippen MR) is 108 cm³/mol. The third-order valence-electron chi connectivity index (χ3n) is 4.63. The van der Waals surface area contributed by atoms with E-state index in [0.717, 1.165) is 36.7 Å². The lowest BCUT2D eigenvalue weighted by Crippen LogP contribution is -2.39. The van der Waals surface area contributed by atoms with Gasteiger partial charge in [-0.1, -0.05) is 6.07 Å². The van der Waals surface area contributed by atoms with Gasteiger partial charge < -0.3 is 20.0 Å². The molecule has 2 aromatic heterocycles. The van der Waals surface area contributed by atoms with Gasteiger partial charge in [-0.3, -0.25) is 4.98 Å². The largest absolute Gasteiger partial charge is 0.355 e. The van der Waals surface area contributed by atoms with E-state index in [1.807, 2.05) is 43.3 Å². The van der Waals surface area contributed by atoms with Gasteiger partial charge in [-0.25, -0.2) is 9.78 Å². The first-order valence-corrected chi connectivity index (χ1v) is 9.43.